The van der Waals surface area contributed by atoms with Crippen LogP contribution in [0.25, 0.3) is 0 Å². The number of rotatable bonds is 6. The fourth-order valence-electron chi connectivity index (χ4n) is 4.48. The van der Waals surface area contributed by atoms with Crippen molar-refractivity contribution in [2.75, 3.05) is 5.32 Å². The Balaban J connectivity index is 1.59. The summed E-state index contributed by atoms with van der Waals surface area (Å²) in [7, 11) is 0. The van der Waals surface area contributed by atoms with Crippen molar-refractivity contribution in [1.82, 2.24) is 4.90 Å². The van der Waals surface area contributed by atoms with Gasteiger partial charge in [-0.2, -0.15) is 5.26 Å². The van der Waals surface area contributed by atoms with E-state index in [1.165, 1.54) is 0 Å². The zero-order chi connectivity index (χ0) is 26.5. The summed E-state index contributed by atoms with van der Waals surface area (Å²) in [5.41, 5.74) is 7.81. The molecule has 190 valence electrons. The molecule has 3 aromatic carbocycles. The average Bonchev–Trinajstić information content (AvgIpc) is 2.88. The van der Waals surface area contributed by atoms with Crippen LogP contribution in [0, 0.1) is 23.0 Å². The number of hydrogen-bond acceptors (Lipinski definition) is 4. The van der Waals surface area contributed by atoms with Gasteiger partial charge in [0.25, 0.3) is 11.8 Å². The van der Waals surface area contributed by atoms with Crippen LogP contribution in [0.2, 0.25) is 5.02 Å². The number of nitrogens with one attached hydrogen (secondary N) is 1. The molecular formula is C28H25ClF2N4O2. The molecule has 2 amide bonds. The van der Waals surface area contributed by atoms with Crippen molar-refractivity contribution in [3.8, 4) is 6.07 Å². The summed E-state index contributed by atoms with van der Waals surface area (Å²) in [6.07, 6.45) is 2.75. The molecule has 0 unspecified atom stereocenters. The Morgan fingerprint density at radius 3 is 2.24 bits per heavy atom. The molecular weight excluding hydrogens is 498 g/mol. The number of anilines is 1. The largest absolute Gasteiger partial charge is 0.331 e. The molecule has 0 aromatic heterocycles. The molecule has 9 heteroatoms. The van der Waals surface area contributed by atoms with Crippen LogP contribution in [0.4, 0.5) is 14.5 Å². The van der Waals surface area contributed by atoms with Crippen molar-refractivity contribution >= 4 is 29.1 Å². The molecule has 6 nitrogen and oxygen atoms in total. The van der Waals surface area contributed by atoms with Crippen LogP contribution in [-0.2, 0) is 6.54 Å². The topological polar surface area (TPSA) is 99.2 Å². The van der Waals surface area contributed by atoms with Crippen LogP contribution in [-0.4, -0.2) is 28.8 Å². The second-order valence-corrected chi connectivity index (χ2v) is 9.52. The van der Waals surface area contributed by atoms with Crippen molar-refractivity contribution in [2.24, 2.45) is 5.73 Å². The predicted octanol–water partition coefficient (Wildman–Crippen LogP) is 5.65. The Labute approximate surface area is 218 Å². The average molecular weight is 523 g/mol. The number of benzene rings is 3. The second kappa shape index (κ2) is 11.5. The van der Waals surface area contributed by atoms with E-state index in [4.69, 9.17) is 22.6 Å². The molecule has 3 N–H and O–H groups in total. The van der Waals surface area contributed by atoms with Crippen LogP contribution in [0.15, 0.2) is 60.7 Å². The predicted molar refractivity (Wildman–Crippen MR) is 137 cm³/mol. The lowest BCUT2D eigenvalue weighted by Gasteiger charge is -2.36. The minimum Gasteiger partial charge on any atom is -0.331 e. The highest BCUT2D eigenvalue weighted by Gasteiger charge is 2.29. The number of amides is 2. The van der Waals surface area contributed by atoms with E-state index in [-0.39, 0.29) is 30.1 Å². The number of carbonyl (C=O) groups excluding carboxylic acids is 2. The van der Waals surface area contributed by atoms with Crippen LogP contribution in [0.5, 0.6) is 0 Å². The first-order valence-corrected chi connectivity index (χ1v) is 12.2. The third-order valence-electron chi connectivity index (χ3n) is 6.47. The molecule has 0 atom stereocenters. The number of nitrogens with zero attached hydrogens (tertiary/aromatic N) is 2. The van der Waals surface area contributed by atoms with E-state index in [2.05, 4.69) is 5.32 Å². The Morgan fingerprint density at radius 1 is 0.973 bits per heavy atom. The van der Waals surface area contributed by atoms with E-state index < -0.39 is 17.5 Å². The maximum Gasteiger partial charge on any atom is 0.255 e. The minimum absolute atomic E-state index is 0.0455. The molecule has 0 bridgehead atoms. The molecule has 1 saturated carbocycles. The van der Waals surface area contributed by atoms with Crippen molar-refractivity contribution in [3.63, 3.8) is 0 Å². The van der Waals surface area contributed by atoms with Crippen LogP contribution < -0.4 is 11.1 Å². The molecule has 0 radical (unpaired) electrons. The van der Waals surface area contributed by atoms with Crippen LogP contribution in [0.1, 0.15) is 57.5 Å². The third kappa shape index (κ3) is 6.50. The van der Waals surface area contributed by atoms with Crippen LogP contribution in [0.3, 0.4) is 0 Å². The lowest BCUT2D eigenvalue weighted by atomic mass is 9.90. The van der Waals surface area contributed by atoms with E-state index in [1.807, 2.05) is 6.07 Å². The number of nitrogens with two attached hydrogens (primary N) is 1. The standard InChI is InChI=1S/C28H25ClF2N4O2/c29-26-10-7-24(34-27(36)18-3-1-17(15-32)2-4-18)13-20(26)16-35(25-8-5-23(33)6-9-25)28(37)19-11-21(30)14-22(31)12-19/h1-4,7,10-14,23,25H,5-6,8-9,16,33H2,(H,34,36). The normalized spacial score (nSPS) is 17.1. The third-order valence-corrected chi connectivity index (χ3v) is 6.84. The van der Waals surface area contributed by atoms with E-state index in [9.17, 15) is 18.4 Å². The summed E-state index contributed by atoms with van der Waals surface area (Å²) in [5.74, 6) is -2.55. The summed E-state index contributed by atoms with van der Waals surface area (Å²) in [6.45, 7) is 0.0796. The molecule has 1 aliphatic carbocycles. The Hall–Kier alpha value is -3.80. The van der Waals surface area contributed by atoms with Crippen molar-refractivity contribution in [3.05, 3.63) is 99.6 Å². The van der Waals surface area contributed by atoms with Gasteiger partial charge in [0.05, 0.1) is 11.6 Å². The van der Waals surface area contributed by atoms with Gasteiger partial charge in [0, 0.05) is 46.5 Å². The highest BCUT2D eigenvalue weighted by Crippen LogP contribution is 2.29. The molecule has 0 heterocycles. The van der Waals surface area contributed by atoms with Gasteiger partial charge >= 0.3 is 0 Å². The Kier molecular flexibility index (Phi) is 8.17. The van der Waals surface area contributed by atoms with Gasteiger partial charge < -0.3 is 16.0 Å². The SMILES string of the molecule is N#Cc1ccc(C(=O)Nc2ccc(Cl)c(CN(C(=O)c3cc(F)cc(F)c3)C3CCC(N)CC3)c2)cc1. The van der Waals surface area contributed by atoms with Crippen LogP contribution >= 0.6 is 11.6 Å². The molecule has 3 aromatic rings. The summed E-state index contributed by atoms with van der Waals surface area (Å²) in [6, 6.07) is 15.8. The fraction of sp³-hybridized carbons (Fsp3) is 0.250. The summed E-state index contributed by atoms with van der Waals surface area (Å²) < 4.78 is 27.8. The minimum atomic E-state index is -0.834. The molecule has 1 aliphatic rings. The highest BCUT2D eigenvalue weighted by molar-refractivity contribution is 6.31. The monoisotopic (exact) mass is 522 g/mol. The van der Waals surface area contributed by atoms with Gasteiger partial charge in [-0.25, -0.2) is 8.78 Å². The smallest absolute Gasteiger partial charge is 0.255 e. The first kappa shape index (κ1) is 26.3. The number of halogens is 3. The molecule has 37 heavy (non-hydrogen) atoms. The lowest BCUT2D eigenvalue weighted by Crippen LogP contribution is -2.44. The van der Waals surface area contributed by atoms with Gasteiger partial charge in [-0.3, -0.25) is 9.59 Å². The molecule has 0 saturated heterocycles. The maximum atomic E-state index is 13.9. The van der Waals surface area contributed by atoms with E-state index in [0.29, 0.717) is 40.2 Å². The number of hydrogen-bond donors (Lipinski definition) is 2. The summed E-state index contributed by atoms with van der Waals surface area (Å²) in [4.78, 5) is 27.7. The summed E-state index contributed by atoms with van der Waals surface area (Å²) >= 11 is 6.47. The zero-order valence-electron chi connectivity index (χ0n) is 19.9. The van der Waals surface area contributed by atoms with Gasteiger partial charge in [-0.15, -0.1) is 0 Å². The van der Waals surface area contributed by atoms with Gasteiger partial charge in [0.1, 0.15) is 11.6 Å². The van der Waals surface area contributed by atoms with Crippen molar-refractivity contribution in [2.45, 2.75) is 44.3 Å². The lowest BCUT2D eigenvalue weighted by molar-refractivity contribution is 0.0605. The van der Waals surface area contributed by atoms with Crippen molar-refractivity contribution in [1.29, 1.82) is 5.26 Å². The number of carbonyl (C=O) groups is 2. The first-order chi connectivity index (χ1) is 17.7. The highest BCUT2D eigenvalue weighted by atomic mass is 35.5. The molecule has 0 spiro atoms. The summed E-state index contributed by atoms with van der Waals surface area (Å²) in [5, 5.41) is 12.1. The van der Waals surface area contributed by atoms with E-state index >= 15 is 0 Å². The van der Waals surface area contributed by atoms with Gasteiger partial charge in [0.2, 0.25) is 0 Å². The first-order valence-electron chi connectivity index (χ1n) is 11.9. The van der Waals surface area contributed by atoms with E-state index in [1.54, 1.807) is 47.4 Å². The van der Waals surface area contributed by atoms with Crippen molar-refractivity contribution < 1.29 is 18.4 Å². The van der Waals surface area contributed by atoms with Gasteiger partial charge in [-0.05, 0) is 85.8 Å². The van der Waals surface area contributed by atoms with Gasteiger partial charge in [0.15, 0.2) is 0 Å². The molecule has 4 rings (SSSR count). The Morgan fingerprint density at radius 2 is 1.62 bits per heavy atom. The quantitative estimate of drug-likeness (QED) is 0.436. The fourth-order valence-corrected chi connectivity index (χ4v) is 4.66. The van der Waals surface area contributed by atoms with Gasteiger partial charge in [-0.1, -0.05) is 11.6 Å². The Bertz CT molecular complexity index is 1330. The van der Waals surface area contributed by atoms with E-state index in [0.717, 1.165) is 31.0 Å². The molecule has 1 fully saturated rings. The molecule has 0 aliphatic heterocycles. The number of nitriles is 1. The maximum absolute atomic E-state index is 13.9. The zero-order valence-corrected chi connectivity index (χ0v) is 20.6. The second-order valence-electron chi connectivity index (χ2n) is 9.11.